The number of nitrogens with zero attached hydrogens (tertiary/aromatic N) is 3. The summed E-state index contributed by atoms with van der Waals surface area (Å²) in [5.41, 5.74) is -0.171. The van der Waals surface area contributed by atoms with Crippen molar-refractivity contribution in [1.29, 1.82) is 0 Å². The SMILES string of the molecule is CC(C)(C)OC(=O)N1CCC2(CC1)C(=O)N(CCCO)CN2c1ccccc1. The van der Waals surface area contributed by atoms with Crippen LogP contribution in [-0.4, -0.2) is 71.0 Å². The fraction of sp³-hybridized carbons (Fsp3) is 0.619. The van der Waals surface area contributed by atoms with Gasteiger partial charge in [-0.05, 0) is 52.2 Å². The highest BCUT2D eigenvalue weighted by atomic mass is 16.6. The molecule has 2 amide bonds. The number of para-hydroxylation sites is 1. The first kappa shape index (κ1) is 20.5. The van der Waals surface area contributed by atoms with E-state index in [9.17, 15) is 14.7 Å². The molecule has 2 saturated heterocycles. The Bertz CT molecular complexity index is 693. The maximum absolute atomic E-state index is 13.3. The molecule has 0 radical (unpaired) electrons. The molecule has 2 aliphatic heterocycles. The summed E-state index contributed by atoms with van der Waals surface area (Å²) in [5.74, 6) is 0.0913. The molecule has 2 heterocycles. The third kappa shape index (κ3) is 4.09. The highest BCUT2D eigenvalue weighted by molar-refractivity contribution is 5.93. The Labute approximate surface area is 166 Å². The Balaban J connectivity index is 1.79. The van der Waals surface area contributed by atoms with Crippen LogP contribution in [0.4, 0.5) is 10.5 Å². The third-order valence-corrected chi connectivity index (χ3v) is 5.41. The van der Waals surface area contributed by atoms with E-state index in [1.54, 1.807) is 4.90 Å². The molecule has 2 fully saturated rings. The number of carbonyl (C=O) groups is 2. The number of hydrogen-bond donors (Lipinski definition) is 1. The zero-order valence-corrected chi connectivity index (χ0v) is 17.1. The van der Waals surface area contributed by atoms with Crippen LogP contribution in [0.2, 0.25) is 0 Å². The Morgan fingerprint density at radius 1 is 1.18 bits per heavy atom. The minimum absolute atomic E-state index is 0.0640. The van der Waals surface area contributed by atoms with Crippen molar-refractivity contribution in [3.63, 3.8) is 0 Å². The quantitative estimate of drug-likeness (QED) is 0.856. The lowest BCUT2D eigenvalue weighted by molar-refractivity contribution is -0.133. The number of aliphatic hydroxyl groups excluding tert-OH is 1. The van der Waals surface area contributed by atoms with Crippen molar-refractivity contribution in [2.24, 2.45) is 0 Å². The zero-order chi connectivity index (χ0) is 20.4. The number of piperidine rings is 1. The number of hydrogen-bond acceptors (Lipinski definition) is 5. The van der Waals surface area contributed by atoms with Gasteiger partial charge in [0.2, 0.25) is 5.91 Å². The van der Waals surface area contributed by atoms with Crippen LogP contribution in [-0.2, 0) is 9.53 Å². The van der Waals surface area contributed by atoms with Crippen molar-refractivity contribution in [3.05, 3.63) is 30.3 Å². The lowest BCUT2D eigenvalue weighted by Crippen LogP contribution is -2.57. The van der Waals surface area contributed by atoms with Gasteiger partial charge in [0.05, 0.1) is 6.67 Å². The monoisotopic (exact) mass is 389 g/mol. The van der Waals surface area contributed by atoms with Gasteiger partial charge in [-0.25, -0.2) is 4.79 Å². The van der Waals surface area contributed by atoms with Crippen LogP contribution >= 0.6 is 0 Å². The second-order valence-corrected chi connectivity index (χ2v) is 8.55. The Morgan fingerprint density at radius 2 is 1.82 bits per heavy atom. The van der Waals surface area contributed by atoms with Gasteiger partial charge in [0.15, 0.2) is 0 Å². The van der Waals surface area contributed by atoms with Crippen LogP contribution in [0, 0.1) is 0 Å². The number of carbonyl (C=O) groups excluding carboxylic acids is 2. The van der Waals surface area contributed by atoms with E-state index in [0.29, 0.717) is 45.6 Å². The van der Waals surface area contributed by atoms with Crippen LogP contribution < -0.4 is 4.90 Å². The molecular weight excluding hydrogens is 358 g/mol. The van der Waals surface area contributed by atoms with Crippen LogP contribution in [0.5, 0.6) is 0 Å². The number of amides is 2. The predicted octanol–water partition coefficient (Wildman–Crippen LogP) is 2.44. The molecule has 154 valence electrons. The minimum atomic E-state index is -0.644. The molecule has 7 nitrogen and oxygen atoms in total. The van der Waals surface area contributed by atoms with E-state index in [2.05, 4.69) is 4.90 Å². The van der Waals surface area contributed by atoms with Gasteiger partial charge in [-0.3, -0.25) is 4.79 Å². The van der Waals surface area contributed by atoms with Crippen LogP contribution in [0.15, 0.2) is 30.3 Å². The molecule has 28 heavy (non-hydrogen) atoms. The maximum atomic E-state index is 13.3. The highest BCUT2D eigenvalue weighted by Crippen LogP contribution is 2.39. The number of aliphatic hydroxyl groups is 1. The average molecular weight is 389 g/mol. The first-order valence-electron chi connectivity index (χ1n) is 9.98. The molecule has 7 heteroatoms. The van der Waals surface area contributed by atoms with Gasteiger partial charge in [-0.15, -0.1) is 0 Å². The van der Waals surface area contributed by atoms with Gasteiger partial charge in [-0.2, -0.15) is 0 Å². The average Bonchev–Trinajstić information content (AvgIpc) is 2.92. The molecule has 0 atom stereocenters. The number of rotatable bonds is 4. The van der Waals surface area contributed by atoms with Crippen molar-refractivity contribution < 1.29 is 19.4 Å². The topological polar surface area (TPSA) is 73.3 Å². The van der Waals surface area contributed by atoms with Gasteiger partial charge < -0.3 is 24.5 Å². The van der Waals surface area contributed by atoms with Crippen molar-refractivity contribution in [1.82, 2.24) is 9.80 Å². The van der Waals surface area contributed by atoms with E-state index in [0.717, 1.165) is 5.69 Å². The number of anilines is 1. The largest absolute Gasteiger partial charge is 0.444 e. The summed E-state index contributed by atoms with van der Waals surface area (Å²) in [6, 6.07) is 9.94. The molecule has 2 aliphatic rings. The second-order valence-electron chi connectivity index (χ2n) is 8.55. The van der Waals surface area contributed by atoms with Crippen molar-refractivity contribution in [3.8, 4) is 0 Å². The van der Waals surface area contributed by atoms with Crippen molar-refractivity contribution >= 4 is 17.7 Å². The van der Waals surface area contributed by atoms with E-state index in [1.807, 2.05) is 56.0 Å². The molecule has 1 spiro atoms. The summed E-state index contributed by atoms with van der Waals surface area (Å²) < 4.78 is 5.49. The molecule has 0 bridgehead atoms. The van der Waals surface area contributed by atoms with Gasteiger partial charge in [0, 0.05) is 31.9 Å². The minimum Gasteiger partial charge on any atom is -0.444 e. The molecule has 0 saturated carbocycles. The third-order valence-electron chi connectivity index (χ3n) is 5.41. The summed E-state index contributed by atoms with van der Waals surface area (Å²) >= 11 is 0. The van der Waals surface area contributed by atoms with E-state index < -0.39 is 11.1 Å². The molecule has 3 rings (SSSR count). The fourth-order valence-electron chi connectivity index (χ4n) is 4.02. The van der Waals surface area contributed by atoms with E-state index >= 15 is 0 Å². The van der Waals surface area contributed by atoms with E-state index in [-0.39, 0.29) is 18.6 Å². The Kier molecular flexibility index (Phi) is 5.84. The summed E-state index contributed by atoms with van der Waals surface area (Å²) in [7, 11) is 0. The molecule has 1 aromatic carbocycles. The molecule has 1 N–H and O–H groups in total. The van der Waals surface area contributed by atoms with E-state index in [4.69, 9.17) is 4.74 Å². The number of benzene rings is 1. The zero-order valence-electron chi connectivity index (χ0n) is 17.1. The van der Waals surface area contributed by atoms with Gasteiger partial charge >= 0.3 is 6.09 Å². The van der Waals surface area contributed by atoms with E-state index in [1.165, 1.54) is 0 Å². The number of ether oxygens (including phenoxy) is 1. The van der Waals surface area contributed by atoms with Gasteiger partial charge in [0.25, 0.3) is 0 Å². The lowest BCUT2D eigenvalue weighted by atomic mass is 9.85. The Morgan fingerprint density at radius 3 is 2.39 bits per heavy atom. The van der Waals surface area contributed by atoms with Gasteiger partial charge in [0.1, 0.15) is 11.1 Å². The van der Waals surface area contributed by atoms with Crippen LogP contribution in [0.1, 0.15) is 40.0 Å². The van der Waals surface area contributed by atoms with Crippen molar-refractivity contribution in [2.75, 3.05) is 37.8 Å². The highest BCUT2D eigenvalue weighted by Gasteiger charge is 2.54. The summed E-state index contributed by atoms with van der Waals surface area (Å²) in [6.07, 6.45) is 1.37. The molecular formula is C21H31N3O4. The molecule has 1 aromatic rings. The standard InChI is InChI=1S/C21H31N3O4/c1-20(2,3)28-19(27)22-13-10-21(11-14-22)18(26)23(12-7-15-25)16-24(21)17-8-5-4-6-9-17/h4-6,8-9,25H,7,10-16H2,1-3H3. The number of likely N-dealkylation sites (tertiary alicyclic amines) is 1. The van der Waals surface area contributed by atoms with Crippen LogP contribution in [0.25, 0.3) is 0 Å². The maximum Gasteiger partial charge on any atom is 0.410 e. The van der Waals surface area contributed by atoms with Gasteiger partial charge in [-0.1, -0.05) is 18.2 Å². The first-order valence-corrected chi connectivity index (χ1v) is 9.98. The predicted molar refractivity (Wildman–Crippen MR) is 107 cm³/mol. The summed E-state index contributed by atoms with van der Waals surface area (Å²) in [4.78, 5) is 31.5. The lowest BCUT2D eigenvalue weighted by Gasteiger charge is -2.43. The van der Waals surface area contributed by atoms with Crippen LogP contribution in [0.3, 0.4) is 0 Å². The second kappa shape index (κ2) is 7.99. The summed E-state index contributed by atoms with van der Waals surface area (Å²) in [5, 5.41) is 9.18. The first-order chi connectivity index (χ1) is 13.3. The fourth-order valence-corrected chi connectivity index (χ4v) is 4.02. The van der Waals surface area contributed by atoms with Crippen molar-refractivity contribution in [2.45, 2.75) is 51.2 Å². The Hall–Kier alpha value is -2.28. The molecule has 0 unspecified atom stereocenters. The molecule has 0 aromatic heterocycles. The molecule has 0 aliphatic carbocycles. The summed E-state index contributed by atoms with van der Waals surface area (Å²) in [6.45, 7) is 7.64. The smallest absolute Gasteiger partial charge is 0.410 e. The normalized spacial score (nSPS) is 19.4.